The van der Waals surface area contributed by atoms with Gasteiger partial charge in [0.05, 0.1) is 6.04 Å². The van der Waals surface area contributed by atoms with Crippen LogP contribution in [0.25, 0.3) is 0 Å². The Balaban J connectivity index is 2.75. The summed E-state index contributed by atoms with van der Waals surface area (Å²) in [6.07, 6.45) is 2.81. The van der Waals surface area contributed by atoms with Crippen LogP contribution in [-0.2, 0) is 4.79 Å². The van der Waals surface area contributed by atoms with Gasteiger partial charge in [0.1, 0.15) is 0 Å². The smallest absolute Gasteiger partial charge is 0.177 e. The van der Waals surface area contributed by atoms with E-state index in [4.69, 9.17) is 0 Å². The summed E-state index contributed by atoms with van der Waals surface area (Å²) in [6, 6.07) is 0.0416. The van der Waals surface area contributed by atoms with Crippen LogP contribution in [-0.4, -0.2) is 49.3 Å². The molecule has 1 fully saturated rings. The zero-order valence-corrected chi connectivity index (χ0v) is 8.87. The maximum absolute atomic E-state index is 11.7. The zero-order valence-electron chi connectivity index (χ0n) is 8.87. The van der Waals surface area contributed by atoms with Crippen LogP contribution >= 0.6 is 0 Å². The van der Waals surface area contributed by atoms with Crippen molar-refractivity contribution in [1.29, 1.82) is 0 Å². The van der Waals surface area contributed by atoms with Gasteiger partial charge in [0.25, 0.3) is 0 Å². The van der Waals surface area contributed by atoms with Gasteiger partial charge in [0, 0.05) is 32.4 Å². The van der Waals surface area contributed by atoms with Crippen LogP contribution in [0, 0.1) is 0 Å². The largest absolute Gasteiger partial charge is 0.383 e. The second-order valence-electron chi connectivity index (χ2n) is 3.89. The molecule has 0 aromatic carbocycles. The Morgan fingerprint density at radius 1 is 1.54 bits per heavy atom. The van der Waals surface area contributed by atoms with Gasteiger partial charge in [0.15, 0.2) is 5.78 Å². The predicted molar refractivity (Wildman–Crippen MR) is 53.5 cm³/mol. The summed E-state index contributed by atoms with van der Waals surface area (Å²) in [7, 11) is 5.89. The first-order valence-corrected chi connectivity index (χ1v) is 4.64. The van der Waals surface area contributed by atoms with Crippen LogP contribution in [0.2, 0.25) is 0 Å². The molecule has 0 spiro atoms. The van der Waals surface area contributed by atoms with Gasteiger partial charge in [-0.15, -0.1) is 0 Å². The first-order valence-electron chi connectivity index (χ1n) is 4.64. The quantitative estimate of drug-likeness (QED) is 0.558. The highest BCUT2D eigenvalue weighted by Gasteiger charge is 2.26. The lowest BCUT2D eigenvalue weighted by Gasteiger charge is -2.30. The van der Waals surface area contributed by atoms with Crippen molar-refractivity contribution in [1.82, 2.24) is 9.80 Å². The van der Waals surface area contributed by atoms with Crippen molar-refractivity contribution in [2.45, 2.75) is 19.4 Å². The molecule has 1 saturated heterocycles. The molecule has 1 aliphatic rings. The standard InChI is InChI=1S/C10H18N2O/c1-8-10(13)9(7-11(2)3)5-6-12(8)4/h7-8H,5-6H2,1-4H3. The van der Waals surface area contributed by atoms with Crippen molar-refractivity contribution in [3.8, 4) is 0 Å². The number of likely N-dealkylation sites (N-methyl/N-ethyl adjacent to an activating group) is 1. The highest BCUT2D eigenvalue weighted by Crippen LogP contribution is 2.16. The second kappa shape index (κ2) is 3.92. The van der Waals surface area contributed by atoms with E-state index >= 15 is 0 Å². The Bertz CT molecular complexity index is 233. The molecule has 0 N–H and O–H groups in total. The van der Waals surface area contributed by atoms with E-state index in [9.17, 15) is 4.79 Å². The molecule has 0 amide bonds. The first kappa shape index (κ1) is 10.3. The number of nitrogens with zero attached hydrogens (tertiary/aromatic N) is 2. The molecule has 1 aliphatic heterocycles. The number of carbonyl (C=O) groups is 1. The highest BCUT2D eigenvalue weighted by atomic mass is 16.1. The monoisotopic (exact) mass is 182 g/mol. The molecule has 0 radical (unpaired) electrons. The summed E-state index contributed by atoms with van der Waals surface area (Å²) in [4.78, 5) is 15.8. The fourth-order valence-electron chi connectivity index (χ4n) is 1.52. The maximum Gasteiger partial charge on any atom is 0.177 e. The Labute approximate surface area is 80.0 Å². The van der Waals surface area contributed by atoms with Crippen LogP contribution in [0.1, 0.15) is 13.3 Å². The van der Waals surface area contributed by atoms with Crippen LogP contribution < -0.4 is 0 Å². The number of hydrogen-bond donors (Lipinski definition) is 0. The molecule has 3 heteroatoms. The minimum absolute atomic E-state index is 0.0416. The molecular formula is C10H18N2O. The second-order valence-corrected chi connectivity index (χ2v) is 3.89. The SMILES string of the molecule is CC1C(=O)C(=CN(C)C)CCN1C. The number of carbonyl (C=O) groups excluding carboxylic acids is 1. The number of Topliss-reactive ketones (excluding diaryl/α,β-unsaturated/α-hetero) is 1. The molecule has 1 atom stereocenters. The van der Waals surface area contributed by atoms with Crippen molar-refractivity contribution < 1.29 is 4.79 Å². The van der Waals surface area contributed by atoms with Crippen LogP contribution in [0.3, 0.4) is 0 Å². The molecule has 0 aromatic heterocycles. The van der Waals surface area contributed by atoms with Crippen LogP contribution in [0.5, 0.6) is 0 Å². The molecule has 1 rings (SSSR count). The van der Waals surface area contributed by atoms with Gasteiger partial charge in [-0.2, -0.15) is 0 Å². The van der Waals surface area contributed by atoms with E-state index in [1.165, 1.54) is 0 Å². The fourth-order valence-corrected chi connectivity index (χ4v) is 1.52. The third kappa shape index (κ3) is 2.31. The molecule has 0 aliphatic carbocycles. The number of rotatable bonds is 1. The van der Waals surface area contributed by atoms with Crippen LogP contribution in [0.15, 0.2) is 11.8 Å². The lowest BCUT2D eigenvalue weighted by molar-refractivity contribution is -0.121. The lowest BCUT2D eigenvalue weighted by atomic mass is 9.97. The number of ketones is 1. The predicted octanol–water partition coefficient (Wildman–Crippen LogP) is 0.725. The highest BCUT2D eigenvalue weighted by molar-refractivity contribution is 5.99. The first-order chi connectivity index (χ1) is 6.02. The Morgan fingerprint density at radius 3 is 2.69 bits per heavy atom. The van der Waals surface area contributed by atoms with Gasteiger partial charge in [-0.05, 0) is 20.4 Å². The molecule has 0 saturated carbocycles. The number of piperidine rings is 1. The Kier molecular flexibility index (Phi) is 3.09. The molecule has 3 nitrogen and oxygen atoms in total. The van der Waals surface area contributed by atoms with Crippen molar-refractivity contribution in [2.24, 2.45) is 0 Å². The summed E-state index contributed by atoms with van der Waals surface area (Å²) in [5.74, 6) is 0.266. The zero-order chi connectivity index (χ0) is 10.0. The summed E-state index contributed by atoms with van der Waals surface area (Å²) in [6.45, 7) is 2.94. The third-order valence-corrected chi connectivity index (χ3v) is 2.50. The summed E-state index contributed by atoms with van der Waals surface area (Å²) in [5.41, 5.74) is 0.954. The lowest BCUT2D eigenvalue weighted by Crippen LogP contribution is -2.42. The van der Waals surface area contributed by atoms with Gasteiger partial charge in [-0.1, -0.05) is 0 Å². The van der Waals surface area contributed by atoms with E-state index in [1.807, 2.05) is 39.2 Å². The van der Waals surface area contributed by atoms with E-state index in [1.54, 1.807) is 0 Å². The summed E-state index contributed by atoms with van der Waals surface area (Å²) in [5, 5.41) is 0. The topological polar surface area (TPSA) is 23.6 Å². The van der Waals surface area contributed by atoms with E-state index in [0.717, 1.165) is 18.5 Å². The molecule has 0 bridgehead atoms. The minimum atomic E-state index is 0.0416. The van der Waals surface area contributed by atoms with Gasteiger partial charge >= 0.3 is 0 Å². The summed E-state index contributed by atoms with van der Waals surface area (Å²) >= 11 is 0. The average Bonchev–Trinajstić information content (AvgIpc) is 2.06. The average molecular weight is 182 g/mol. The van der Waals surface area contributed by atoms with Gasteiger partial charge in [-0.25, -0.2) is 0 Å². The fraction of sp³-hybridized carbons (Fsp3) is 0.700. The van der Waals surface area contributed by atoms with E-state index < -0.39 is 0 Å². The van der Waals surface area contributed by atoms with Gasteiger partial charge in [0.2, 0.25) is 0 Å². The molecule has 13 heavy (non-hydrogen) atoms. The van der Waals surface area contributed by atoms with Crippen LogP contribution in [0.4, 0.5) is 0 Å². The van der Waals surface area contributed by atoms with E-state index in [-0.39, 0.29) is 11.8 Å². The van der Waals surface area contributed by atoms with Gasteiger partial charge < -0.3 is 4.90 Å². The third-order valence-electron chi connectivity index (χ3n) is 2.50. The van der Waals surface area contributed by atoms with Crippen molar-refractivity contribution in [3.05, 3.63) is 11.8 Å². The molecule has 74 valence electrons. The van der Waals surface area contributed by atoms with Gasteiger partial charge in [-0.3, -0.25) is 9.69 Å². The summed E-state index contributed by atoms with van der Waals surface area (Å²) < 4.78 is 0. The van der Waals surface area contributed by atoms with Crippen molar-refractivity contribution >= 4 is 5.78 Å². The minimum Gasteiger partial charge on any atom is -0.383 e. The Morgan fingerprint density at radius 2 is 2.15 bits per heavy atom. The number of likely N-dealkylation sites (tertiary alicyclic amines) is 1. The molecule has 1 heterocycles. The van der Waals surface area contributed by atoms with Crippen molar-refractivity contribution in [3.63, 3.8) is 0 Å². The van der Waals surface area contributed by atoms with E-state index in [0.29, 0.717) is 0 Å². The molecule has 1 unspecified atom stereocenters. The van der Waals surface area contributed by atoms with Crippen molar-refractivity contribution in [2.75, 3.05) is 27.7 Å². The molecular weight excluding hydrogens is 164 g/mol. The Hall–Kier alpha value is -0.830. The maximum atomic E-state index is 11.7. The molecule has 0 aromatic rings. The number of hydrogen-bond acceptors (Lipinski definition) is 3. The van der Waals surface area contributed by atoms with E-state index in [2.05, 4.69) is 4.90 Å². The normalized spacial score (nSPS) is 28.2.